The zero-order valence-electron chi connectivity index (χ0n) is 8.31. The van der Waals surface area contributed by atoms with Crippen molar-refractivity contribution >= 4 is 0 Å². The molecular formula is C13H6N3. The summed E-state index contributed by atoms with van der Waals surface area (Å²) in [5.74, 6) is 0. The Morgan fingerprint density at radius 3 is 2.50 bits per heavy atom. The van der Waals surface area contributed by atoms with E-state index in [9.17, 15) is 0 Å². The Kier molecular flexibility index (Phi) is 2.63. The summed E-state index contributed by atoms with van der Waals surface area (Å²) in [5, 5.41) is 17.7. The average molecular weight is 204 g/mol. The molecule has 1 radical (unpaired) electrons. The van der Waals surface area contributed by atoms with E-state index in [2.05, 4.69) is 11.1 Å². The lowest BCUT2D eigenvalue weighted by Crippen LogP contribution is -1.86. The summed E-state index contributed by atoms with van der Waals surface area (Å²) in [6.07, 6.45) is 3.26. The number of nitriles is 2. The van der Waals surface area contributed by atoms with Gasteiger partial charge in [-0.15, -0.1) is 0 Å². The highest BCUT2D eigenvalue weighted by Gasteiger charge is 2.04. The van der Waals surface area contributed by atoms with Gasteiger partial charge in [0.25, 0.3) is 0 Å². The molecule has 16 heavy (non-hydrogen) atoms. The van der Waals surface area contributed by atoms with Gasteiger partial charge in [0.05, 0.1) is 11.1 Å². The molecule has 0 aliphatic carbocycles. The Balaban J connectivity index is 2.55. The number of hydrogen-bond acceptors (Lipinski definition) is 3. The van der Waals surface area contributed by atoms with E-state index in [1.165, 1.54) is 0 Å². The molecule has 0 bridgehead atoms. The predicted octanol–water partition coefficient (Wildman–Crippen LogP) is 2.29. The van der Waals surface area contributed by atoms with Crippen LogP contribution >= 0.6 is 0 Å². The summed E-state index contributed by atoms with van der Waals surface area (Å²) in [6, 6.07) is 13.8. The molecule has 0 unspecified atom stereocenters. The molecule has 0 fully saturated rings. The molecule has 0 saturated carbocycles. The van der Waals surface area contributed by atoms with Gasteiger partial charge in [0.2, 0.25) is 0 Å². The molecule has 3 heteroatoms. The number of nitrogens with zero attached hydrogens (tertiary/aromatic N) is 3. The number of benzene rings is 1. The Morgan fingerprint density at radius 2 is 1.88 bits per heavy atom. The number of pyridine rings is 1. The van der Waals surface area contributed by atoms with E-state index in [0.717, 1.165) is 11.1 Å². The van der Waals surface area contributed by atoms with Crippen LogP contribution in [0.25, 0.3) is 11.1 Å². The van der Waals surface area contributed by atoms with Crippen LogP contribution in [0.4, 0.5) is 0 Å². The highest BCUT2D eigenvalue weighted by atomic mass is 14.6. The molecule has 1 aromatic carbocycles. The topological polar surface area (TPSA) is 60.5 Å². The molecule has 1 heterocycles. The second-order valence-electron chi connectivity index (χ2n) is 3.16. The highest BCUT2D eigenvalue weighted by molar-refractivity contribution is 5.66. The van der Waals surface area contributed by atoms with Crippen LogP contribution < -0.4 is 0 Å². The summed E-state index contributed by atoms with van der Waals surface area (Å²) in [6.45, 7) is 0. The van der Waals surface area contributed by atoms with Crippen molar-refractivity contribution in [2.24, 2.45) is 0 Å². The van der Waals surface area contributed by atoms with Crippen LogP contribution in [0.3, 0.4) is 0 Å². The molecule has 73 valence electrons. The van der Waals surface area contributed by atoms with Crippen LogP contribution in [0.5, 0.6) is 0 Å². The number of aromatic nitrogens is 1. The van der Waals surface area contributed by atoms with Crippen LogP contribution in [-0.4, -0.2) is 4.98 Å². The van der Waals surface area contributed by atoms with Crippen molar-refractivity contribution in [1.82, 2.24) is 4.98 Å². The SMILES string of the molecule is N#Cc1ccc(-c2c[c]cnc2)cc1C#N. The smallest absolute Gasteiger partial charge is 0.101 e. The first kappa shape index (κ1) is 9.89. The van der Waals surface area contributed by atoms with Crippen molar-refractivity contribution in [3.63, 3.8) is 0 Å². The third-order valence-electron chi connectivity index (χ3n) is 2.20. The molecule has 0 aliphatic heterocycles. The Hall–Kier alpha value is -2.65. The molecule has 0 amide bonds. The lowest BCUT2D eigenvalue weighted by Gasteiger charge is -2.01. The van der Waals surface area contributed by atoms with Gasteiger partial charge in [-0.05, 0) is 23.8 Å². The quantitative estimate of drug-likeness (QED) is 0.716. The maximum absolute atomic E-state index is 8.90. The predicted molar refractivity (Wildman–Crippen MR) is 57.9 cm³/mol. The number of hydrogen-bond donors (Lipinski definition) is 0. The van der Waals surface area contributed by atoms with Crippen LogP contribution in [-0.2, 0) is 0 Å². The van der Waals surface area contributed by atoms with Gasteiger partial charge >= 0.3 is 0 Å². The molecular weight excluding hydrogens is 198 g/mol. The fraction of sp³-hybridized carbons (Fsp3) is 0. The Bertz CT molecular complexity index is 589. The molecule has 3 nitrogen and oxygen atoms in total. The minimum absolute atomic E-state index is 0.379. The first-order valence-electron chi connectivity index (χ1n) is 4.61. The molecule has 0 aliphatic rings. The zero-order valence-corrected chi connectivity index (χ0v) is 8.31. The van der Waals surface area contributed by atoms with Crippen molar-refractivity contribution in [3.05, 3.63) is 53.9 Å². The highest BCUT2D eigenvalue weighted by Crippen LogP contribution is 2.20. The minimum atomic E-state index is 0.379. The summed E-state index contributed by atoms with van der Waals surface area (Å²) >= 11 is 0. The minimum Gasteiger partial charge on any atom is -0.263 e. The van der Waals surface area contributed by atoms with Gasteiger partial charge in [-0.1, -0.05) is 6.07 Å². The van der Waals surface area contributed by atoms with Gasteiger partial charge in [0.15, 0.2) is 0 Å². The maximum Gasteiger partial charge on any atom is 0.101 e. The summed E-state index contributed by atoms with van der Waals surface area (Å²) in [5.41, 5.74) is 2.51. The van der Waals surface area contributed by atoms with E-state index in [4.69, 9.17) is 10.5 Å². The zero-order chi connectivity index (χ0) is 11.4. The van der Waals surface area contributed by atoms with Crippen molar-refractivity contribution in [3.8, 4) is 23.3 Å². The fourth-order valence-electron chi connectivity index (χ4n) is 1.40. The van der Waals surface area contributed by atoms with E-state index in [0.29, 0.717) is 11.1 Å². The van der Waals surface area contributed by atoms with Crippen molar-refractivity contribution in [2.45, 2.75) is 0 Å². The second-order valence-corrected chi connectivity index (χ2v) is 3.16. The van der Waals surface area contributed by atoms with Crippen LogP contribution in [0.2, 0.25) is 0 Å². The molecule has 1 aromatic heterocycles. The molecule has 2 rings (SSSR count). The Morgan fingerprint density at radius 1 is 1.06 bits per heavy atom. The largest absolute Gasteiger partial charge is 0.263 e. The monoisotopic (exact) mass is 204 g/mol. The third-order valence-corrected chi connectivity index (χ3v) is 2.20. The molecule has 0 spiro atoms. The van der Waals surface area contributed by atoms with Gasteiger partial charge < -0.3 is 0 Å². The summed E-state index contributed by atoms with van der Waals surface area (Å²) in [4.78, 5) is 3.96. The summed E-state index contributed by atoms with van der Waals surface area (Å²) in [7, 11) is 0. The van der Waals surface area contributed by atoms with Gasteiger partial charge in [-0.25, -0.2) is 0 Å². The average Bonchev–Trinajstić information content (AvgIpc) is 2.39. The Labute approximate surface area is 93.2 Å². The van der Waals surface area contributed by atoms with E-state index in [-0.39, 0.29) is 0 Å². The summed E-state index contributed by atoms with van der Waals surface area (Å²) < 4.78 is 0. The van der Waals surface area contributed by atoms with Crippen molar-refractivity contribution in [2.75, 3.05) is 0 Å². The van der Waals surface area contributed by atoms with E-state index in [1.54, 1.807) is 36.7 Å². The lowest BCUT2D eigenvalue weighted by molar-refractivity contribution is 1.32. The molecule has 2 aromatic rings. The van der Waals surface area contributed by atoms with Crippen LogP contribution in [0.15, 0.2) is 36.7 Å². The van der Waals surface area contributed by atoms with Gasteiger partial charge in [-0.2, -0.15) is 10.5 Å². The standard InChI is InChI=1S/C13H6N3/c14-7-11-4-3-10(6-13(11)8-15)12-2-1-5-16-9-12/h2-6,9H. The van der Waals surface area contributed by atoms with Crippen LogP contribution in [0, 0.1) is 28.7 Å². The molecule has 0 atom stereocenters. The first-order chi connectivity index (χ1) is 7.85. The number of rotatable bonds is 1. The van der Waals surface area contributed by atoms with E-state index in [1.807, 2.05) is 12.1 Å². The normalized spacial score (nSPS) is 9.12. The van der Waals surface area contributed by atoms with Crippen molar-refractivity contribution in [1.29, 1.82) is 10.5 Å². The van der Waals surface area contributed by atoms with Gasteiger partial charge in [-0.3, -0.25) is 4.98 Å². The van der Waals surface area contributed by atoms with E-state index >= 15 is 0 Å². The second kappa shape index (κ2) is 4.25. The maximum atomic E-state index is 8.90. The van der Waals surface area contributed by atoms with Crippen molar-refractivity contribution < 1.29 is 0 Å². The third kappa shape index (κ3) is 1.75. The van der Waals surface area contributed by atoms with Gasteiger partial charge in [0.1, 0.15) is 12.1 Å². The first-order valence-corrected chi connectivity index (χ1v) is 4.61. The molecule has 0 saturated heterocycles. The lowest BCUT2D eigenvalue weighted by atomic mass is 10.0. The van der Waals surface area contributed by atoms with Gasteiger partial charge in [0, 0.05) is 24.0 Å². The molecule has 0 N–H and O–H groups in total. The fourth-order valence-corrected chi connectivity index (χ4v) is 1.40. The van der Waals surface area contributed by atoms with Crippen LogP contribution in [0.1, 0.15) is 11.1 Å². The van der Waals surface area contributed by atoms with E-state index < -0.39 is 0 Å².